The van der Waals surface area contributed by atoms with Gasteiger partial charge < -0.3 is 9.05 Å². The highest BCUT2D eigenvalue weighted by atomic mass is 35.5. The molecule has 0 spiro atoms. The quantitative estimate of drug-likeness (QED) is 0.181. The molecule has 7 nitrogen and oxygen atoms in total. The third-order valence-electron chi connectivity index (χ3n) is 5.45. The zero-order valence-electron chi connectivity index (χ0n) is 20.3. The Labute approximate surface area is 214 Å². The Morgan fingerprint density at radius 3 is 2.31 bits per heavy atom. The van der Waals surface area contributed by atoms with Crippen LogP contribution in [0.1, 0.15) is 30.5 Å². The predicted molar refractivity (Wildman–Crippen MR) is 145 cm³/mol. The zero-order valence-corrected chi connectivity index (χ0v) is 22.0. The molecular weight excluding hydrogens is 497 g/mol. The Balaban J connectivity index is 1.77. The molecule has 0 unspecified atom stereocenters. The average molecular weight is 524 g/mol. The molecule has 36 heavy (non-hydrogen) atoms. The van der Waals surface area contributed by atoms with Crippen LogP contribution in [0.5, 0.6) is 0 Å². The van der Waals surface area contributed by atoms with Crippen LogP contribution in [-0.2, 0) is 19.8 Å². The Kier molecular flexibility index (Phi) is 8.17. The van der Waals surface area contributed by atoms with Crippen molar-refractivity contribution in [2.75, 3.05) is 13.2 Å². The molecule has 0 bridgehead atoms. The molecule has 4 aromatic rings. The summed E-state index contributed by atoms with van der Waals surface area (Å²) in [5.41, 5.74) is 3.60. The van der Waals surface area contributed by atoms with E-state index in [0.717, 1.165) is 16.7 Å². The number of benzene rings is 3. The molecule has 4 rings (SSSR count). The van der Waals surface area contributed by atoms with Gasteiger partial charge in [0.15, 0.2) is 5.82 Å². The number of aryl methyl sites for hydroxylation is 1. The maximum atomic E-state index is 13.4. The van der Waals surface area contributed by atoms with Crippen LogP contribution in [0.2, 0.25) is 5.02 Å². The van der Waals surface area contributed by atoms with Gasteiger partial charge in [-0.1, -0.05) is 65.7 Å². The number of fused-ring (bicyclic) bond motifs is 1. The van der Waals surface area contributed by atoms with Crippen molar-refractivity contribution in [1.82, 2.24) is 9.66 Å². The van der Waals surface area contributed by atoms with Gasteiger partial charge in [-0.25, -0.2) is 4.98 Å². The van der Waals surface area contributed by atoms with Gasteiger partial charge in [0.05, 0.1) is 36.5 Å². The van der Waals surface area contributed by atoms with E-state index in [1.54, 1.807) is 38.3 Å². The number of hydrogen-bond acceptors (Lipinski definition) is 6. The first-order valence-electron chi connectivity index (χ1n) is 11.6. The van der Waals surface area contributed by atoms with Crippen LogP contribution in [0, 0.1) is 6.92 Å². The fourth-order valence-corrected chi connectivity index (χ4v) is 5.59. The molecule has 186 valence electrons. The van der Waals surface area contributed by atoms with Crippen molar-refractivity contribution in [1.29, 1.82) is 0 Å². The molecule has 0 aliphatic rings. The molecule has 9 heteroatoms. The van der Waals surface area contributed by atoms with E-state index in [1.165, 1.54) is 4.68 Å². The maximum absolute atomic E-state index is 13.4. The fourth-order valence-electron chi connectivity index (χ4n) is 3.73. The summed E-state index contributed by atoms with van der Waals surface area (Å²) in [7, 11) is -3.24. The van der Waals surface area contributed by atoms with Gasteiger partial charge in [-0.2, -0.15) is 9.78 Å². The smallest absolute Gasteiger partial charge is 0.309 e. The lowest BCUT2D eigenvalue weighted by Crippen LogP contribution is -2.20. The minimum absolute atomic E-state index is 0.147. The number of hydrogen-bond donors (Lipinski definition) is 0. The molecule has 1 aromatic heterocycles. The molecule has 0 radical (unpaired) electrons. The third-order valence-corrected chi connectivity index (χ3v) is 7.74. The second kappa shape index (κ2) is 11.3. The second-order valence-electron chi connectivity index (χ2n) is 8.17. The van der Waals surface area contributed by atoms with E-state index in [4.69, 9.17) is 25.6 Å². The van der Waals surface area contributed by atoms with Crippen LogP contribution in [0.4, 0.5) is 0 Å². The number of halogens is 1. The minimum Gasteiger partial charge on any atom is -0.309 e. The average Bonchev–Trinajstić information content (AvgIpc) is 2.85. The Hall–Kier alpha value is -3.09. The van der Waals surface area contributed by atoms with Gasteiger partial charge in [0.1, 0.15) is 0 Å². The number of rotatable bonds is 9. The van der Waals surface area contributed by atoms with E-state index in [-0.39, 0.29) is 11.7 Å². The van der Waals surface area contributed by atoms with E-state index in [0.29, 0.717) is 40.5 Å². The molecule has 0 aliphatic carbocycles. The van der Waals surface area contributed by atoms with Gasteiger partial charge in [0.2, 0.25) is 0 Å². The van der Waals surface area contributed by atoms with Crippen LogP contribution in [0.25, 0.3) is 22.3 Å². The van der Waals surface area contributed by atoms with Crippen molar-refractivity contribution < 1.29 is 13.6 Å². The lowest BCUT2D eigenvalue weighted by molar-refractivity contribution is 0.219. The summed E-state index contributed by atoms with van der Waals surface area (Å²) in [6, 6.07) is 20.1. The van der Waals surface area contributed by atoms with Crippen LogP contribution in [0.3, 0.4) is 0 Å². The molecule has 0 amide bonds. The molecular formula is C27H27ClN3O4P. The Bertz CT molecular complexity index is 1490. The zero-order chi connectivity index (χ0) is 25.7. The van der Waals surface area contributed by atoms with Crippen LogP contribution in [0.15, 0.2) is 76.6 Å². The Morgan fingerprint density at radius 2 is 1.67 bits per heavy atom. The molecule has 0 saturated carbocycles. The van der Waals surface area contributed by atoms with Crippen LogP contribution >= 0.6 is 19.2 Å². The van der Waals surface area contributed by atoms with Crippen molar-refractivity contribution in [2.45, 2.75) is 26.9 Å². The standard InChI is InChI=1S/C27H27ClN3O4P/c1-4-34-36(33,35-5-2)18-21-10-12-22(13-11-21)26-30-25-16-23(28)14-15-24(25)27(32)31(26)29-17-20-8-6-19(3)7-9-20/h6-17H,4-5,18H2,1-3H3. The normalized spacial score (nSPS) is 12.0. The number of nitrogens with zero attached hydrogens (tertiary/aromatic N) is 3. The lowest BCUT2D eigenvalue weighted by Gasteiger charge is -2.17. The molecule has 0 N–H and O–H groups in total. The predicted octanol–water partition coefficient (Wildman–Crippen LogP) is 6.67. The van der Waals surface area contributed by atoms with E-state index < -0.39 is 7.60 Å². The summed E-state index contributed by atoms with van der Waals surface area (Å²) in [4.78, 5) is 18.1. The lowest BCUT2D eigenvalue weighted by atomic mass is 10.1. The monoisotopic (exact) mass is 523 g/mol. The van der Waals surface area contributed by atoms with Gasteiger partial charge >= 0.3 is 7.60 Å². The van der Waals surface area contributed by atoms with E-state index in [2.05, 4.69) is 5.10 Å². The van der Waals surface area contributed by atoms with Crippen LogP contribution < -0.4 is 5.56 Å². The Morgan fingerprint density at radius 1 is 1.00 bits per heavy atom. The maximum Gasteiger partial charge on any atom is 0.335 e. The highest BCUT2D eigenvalue weighted by molar-refractivity contribution is 7.53. The van der Waals surface area contributed by atoms with Crippen molar-refractivity contribution in [3.8, 4) is 11.4 Å². The third kappa shape index (κ3) is 6.00. The van der Waals surface area contributed by atoms with Crippen molar-refractivity contribution in [3.05, 3.63) is 98.8 Å². The topological polar surface area (TPSA) is 82.8 Å². The fraction of sp³-hybridized carbons (Fsp3) is 0.222. The van der Waals surface area contributed by atoms with E-state index in [9.17, 15) is 9.36 Å². The molecule has 1 heterocycles. The summed E-state index contributed by atoms with van der Waals surface area (Å²) in [5.74, 6) is 0.363. The first kappa shape index (κ1) is 26.0. The molecule has 0 atom stereocenters. The van der Waals surface area contributed by atoms with Gasteiger partial charge in [-0.3, -0.25) is 9.36 Å². The first-order chi connectivity index (χ1) is 17.3. The summed E-state index contributed by atoms with van der Waals surface area (Å²) in [6.07, 6.45) is 1.77. The summed E-state index contributed by atoms with van der Waals surface area (Å²) >= 11 is 6.17. The largest absolute Gasteiger partial charge is 0.335 e. The van der Waals surface area contributed by atoms with Gasteiger partial charge in [-0.05, 0) is 50.1 Å². The molecule has 3 aromatic carbocycles. The van der Waals surface area contributed by atoms with Crippen molar-refractivity contribution in [3.63, 3.8) is 0 Å². The summed E-state index contributed by atoms with van der Waals surface area (Å²) in [5, 5.41) is 5.38. The van der Waals surface area contributed by atoms with Gasteiger partial charge in [-0.15, -0.1) is 0 Å². The summed E-state index contributed by atoms with van der Waals surface area (Å²) in [6.45, 7) is 6.16. The minimum atomic E-state index is -3.24. The number of aromatic nitrogens is 2. The van der Waals surface area contributed by atoms with E-state index >= 15 is 0 Å². The highest BCUT2D eigenvalue weighted by Crippen LogP contribution is 2.51. The second-order valence-corrected chi connectivity index (χ2v) is 10.7. The van der Waals surface area contributed by atoms with Gasteiger partial charge in [0.25, 0.3) is 5.56 Å². The SMILES string of the molecule is CCOP(=O)(Cc1ccc(-c2nc3cc(Cl)ccc3c(=O)n2N=Cc2ccc(C)cc2)cc1)OCC. The molecule has 0 fully saturated rings. The van der Waals surface area contributed by atoms with Crippen molar-refractivity contribution in [2.24, 2.45) is 5.10 Å². The van der Waals surface area contributed by atoms with E-state index in [1.807, 2.05) is 55.5 Å². The van der Waals surface area contributed by atoms with Gasteiger partial charge in [0, 0.05) is 10.6 Å². The molecule has 0 saturated heterocycles. The van der Waals surface area contributed by atoms with Crippen LogP contribution in [-0.4, -0.2) is 29.1 Å². The first-order valence-corrected chi connectivity index (χ1v) is 13.7. The van der Waals surface area contributed by atoms with Crippen molar-refractivity contribution >= 4 is 36.3 Å². The molecule has 0 aliphatic heterocycles. The summed E-state index contributed by atoms with van der Waals surface area (Å²) < 4.78 is 25.0. The highest BCUT2D eigenvalue weighted by Gasteiger charge is 2.24.